The molecule has 0 saturated carbocycles. The second-order valence-electron chi connectivity index (χ2n) is 5.76. The van der Waals surface area contributed by atoms with Gasteiger partial charge in [0.15, 0.2) is 0 Å². The Labute approximate surface area is 116 Å². The van der Waals surface area contributed by atoms with Crippen molar-refractivity contribution in [3.63, 3.8) is 0 Å². The summed E-state index contributed by atoms with van der Waals surface area (Å²) >= 11 is 0. The Hall–Kier alpha value is -0.0800. The molecule has 0 spiro atoms. The minimum atomic E-state index is 0.677. The molecule has 2 heteroatoms. The van der Waals surface area contributed by atoms with Crippen LogP contribution in [0.3, 0.4) is 0 Å². The Morgan fingerprint density at radius 1 is 0.944 bits per heavy atom. The highest BCUT2D eigenvalue weighted by Crippen LogP contribution is 2.17. The van der Waals surface area contributed by atoms with Crippen molar-refractivity contribution in [2.45, 2.75) is 78.3 Å². The van der Waals surface area contributed by atoms with Gasteiger partial charge in [-0.2, -0.15) is 0 Å². The molecule has 0 heterocycles. The minimum absolute atomic E-state index is 0.677. The zero-order valence-corrected chi connectivity index (χ0v) is 13.6. The monoisotopic (exact) mass is 256 g/mol. The van der Waals surface area contributed by atoms with Gasteiger partial charge in [0, 0.05) is 18.6 Å². The molecule has 2 unspecified atom stereocenters. The van der Waals surface area contributed by atoms with E-state index in [4.69, 9.17) is 0 Å². The second-order valence-corrected chi connectivity index (χ2v) is 5.76. The summed E-state index contributed by atoms with van der Waals surface area (Å²) < 4.78 is 0. The topological polar surface area (TPSA) is 15.3 Å². The van der Waals surface area contributed by atoms with E-state index >= 15 is 0 Å². The first-order chi connectivity index (χ1) is 8.60. The van der Waals surface area contributed by atoms with E-state index in [0.717, 1.165) is 12.5 Å². The Balaban J connectivity index is 4.23. The molecule has 0 aromatic heterocycles. The van der Waals surface area contributed by atoms with E-state index < -0.39 is 0 Å². The lowest BCUT2D eigenvalue weighted by Gasteiger charge is -2.33. The highest BCUT2D eigenvalue weighted by atomic mass is 15.1. The van der Waals surface area contributed by atoms with Crippen LogP contribution in [-0.2, 0) is 0 Å². The molecule has 0 aliphatic heterocycles. The van der Waals surface area contributed by atoms with Crippen molar-refractivity contribution in [2.24, 2.45) is 5.92 Å². The Morgan fingerprint density at radius 2 is 1.56 bits per heavy atom. The first-order valence-corrected chi connectivity index (χ1v) is 8.00. The van der Waals surface area contributed by atoms with Gasteiger partial charge in [-0.15, -0.1) is 0 Å². The van der Waals surface area contributed by atoms with Crippen molar-refractivity contribution in [2.75, 3.05) is 20.6 Å². The zero-order valence-electron chi connectivity index (χ0n) is 13.6. The largest absolute Gasteiger partial charge is 0.312 e. The predicted octanol–water partition coefficient (Wildman–Crippen LogP) is 3.91. The predicted molar refractivity (Wildman–Crippen MR) is 83.2 cm³/mol. The molecule has 2 nitrogen and oxygen atoms in total. The Bertz CT molecular complexity index is 176. The summed E-state index contributed by atoms with van der Waals surface area (Å²) in [5, 5.41) is 3.79. The van der Waals surface area contributed by atoms with Crippen LogP contribution >= 0.6 is 0 Å². The second kappa shape index (κ2) is 10.8. The fourth-order valence-corrected chi connectivity index (χ4v) is 2.79. The van der Waals surface area contributed by atoms with Crippen LogP contribution in [0.4, 0.5) is 0 Å². The number of hydrogen-bond acceptors (Lipinski definition) is 2. The van der Waals surface area contributed by atoms with E-state index in [-0.39, 0.29) is 0 Å². The van der Waals surface area contributed by atoms with Gasteiger partial charge in [-0.1, -0.05) is 53.4 Å². The quantitative estimate of drug-likeness (QED) is 0.603. The van der Waals surface area contributed by atoms with Crippen LogP contribution in [-0.4, -0.2) is 37.6 Å². The van der Waals surface area contributed by atoms with E-state index in [9.17, 15) is 0 Å². The van der Waals surface area contributed by atoms with Gasteiger partial charge in [0.25, 0.3) is 0 Å². The van der Waals surface area contributed by atoms with Crippen LogP contribution in [0.15, 0.2) is 0 Å². The van der Waals surface area contributed by atoms with E-state index in [1.807, 2.05) is 0 Å². The molecule has 0 fully saturated rings. The lowest BCUT2D eigenvalue weighted by molar-refractivity contribution is 0.187. The molecule has 0 bridgehead atoms. The summed E-state index contributed by atoms with van der Waals surface area (Å²) in [6.45, 7) is 10.4. The van der Waals surface area contributed by atoms with Crippen molar-refractivity contribution in [3.05, 3.63) is 0 Å². The molecule has 0 aromatic rings. The molecule has 0 aromatic carbocycles. The Morgan fingerprint density at radius 3 is 1.94 bits per heavy atom. The first kappa shape index (κ1) is 17.9. The molecule has 0 amide bonds. The highest BCUT2D eigenvalue weighted by Gasteiger charge is 2.21. The van der Waals surface area contributed by atoms with Crippen molar-refractivity contribution in [3.8, 4) is 0 Å². The molecule has 0 aliphatic carbocycles. The number of likely N-dealkylation sites (N-methyl/N-ethyl adjacent to an activating group) is 1. The smallest absolute Gasteiger partial charge is 0.0242 e. The highest BCUT2D eigenvalue weighted by molar-refractivity contribution is 4.79. The third-order valence-corrected chi connectivity index (χ3v) is 4.27. The van der Waals surface area contributed by atoms with Crippen LogP contribution in [0, 0.1) is 5.92 Å². The molecular formula is C16H36N2. The average molecular weight is 256 g/mol. The van der Waals surface area contributed by atoms with Gasteiger partial charge in [-0.3, -0.25) is 0 Å². The number of unbranched alkanes of at least 4 members (excludes halogenated alkanes) is 1. The number of hydrogen-bond donors (Lipinski definition) is 1. The van der Waals surface area contributed by atoms with Crippen molar-refractivity contribution >= 4 is 0 Å². The van der Waals surface area contributed by atoms with E-state index in [1.54, 1.807) is 0 Å². The molecule has 18 heavy (non-hydrogen) atoms. The van der Waals surface area contributed by atoms with Crippen LogP contribution in [0.25, 0.3) is 0 Å². The van der Waals surface area contributed by atoms with Crippen LogP contribution in [0.1, 0.15) is 66.2 Å². The average Bonchev–Trinajstić information content (AvgIpc) is 2.37. The molecule has 1 N–H and O–H groups in total. The normalized spacial score (nSPS) is 15.3. The van der Waals surface area contributed by atoms with Gasteiger partial charge in [0.05, 0.1) is 0 Å². The molecule has 2 atom stereocenters. The SMILES string of the molecule is CCCCC(CC)NCC(C(CC)CC)N(C)C. The fraction of sp³-hybridized carbons (Fsp3) is 1.00. The molecule has 0 radical (unpaired) electrons. The third kappa shape index (κ3) is 6.75. The number of rotatable bonds is 11. The maximum Gasteiger partial charge on any atom is 0.0242 e. The Kier molecular flexibility index (Phi) is 10.8. The van der Waals surface area contributed by atoms with Crippen LogP contribution < -0.4 is 5.32 Å². The van der Waals surface area contributed by atoms with Crippen molar-refractivity contribution < 1.29 is 0 Å². The molecule has 0 aliphatic rings. The number of nitrogens with one attached hydrogen (secondary N) is 1. The zero-order chi connectivity index (χ0) is 14.0. The van der Waals surface area contributed by atoms with E-state index in [0.29, 0.717) is 12.1 Å². The number of nitrogens with zero attached hydrogens (tertiary/aromatic N) is 1. The summed E-state index contributed by atoms with van der Waals surface area (Å²) in [6, 6.07) is 1.39. The lowest BCUT2D eigenvalue weighted by Crippen LogP contribution is -2.45. The fourth-order valence-electron chi connectivity index (χ4n) is 2.79. The molecular weight excluding hydrogens is 220 g/mol. The van der Waals surface area contributed by atoms with Crippen molar-refractivity contribution in [1.29, 1.82) is 0 Å². The summed E-state index contributed by atoms with van der Waals surface area (Å²) in [6.07, 6.45) is 7.81. The van der Waals surface area contributed by atoms with Gasteiger partial charge in [-0.05, 0) is 32.9 Å². The summed E-state index contributed by atoms with van der Waals surface area (Å²) in [4.78, 5) is 2.40. The standard InChI is InChI=1S/C16H36N2/c1-7-11-12-15(10-4)17-13-16(18(5)6)14(8-2)9-3/h14-17H,7-13H2,1-6H3. The summed E-state index contributed by atoms with van der Waals surface area (Å²) in [5.41, 5.74) is 0. The molecule has 0 rings (SSSR count). The van der Waals surface area contributed by atoms with Gasteiger partial charge >= 0.3 is 0 Å². The summed E-state index contributed by atoms with van der Waals surface area (Å²) in [5.74, 6) is 0.816. The van der Waals surface area contributed by atoms with Gasteiger partial charge in [0.2, 0.25) is 0 Å². The maximum atomic E-state index is 3.79. The van der Waals surface area contributed by atoms with E-state index in [2.05, 4.69) is 52.0 Å². The van der Waals surface area contributed by atoms with E-state index in [1.165, 1.54) is 38.5 Å². The van der Waals surface area contributed by atoms with Gasteiger partial charge < -0.3 is 10.2 Å². The minimum Gasteiger partial charge on any atom is -0.312 e. The molecule has 110 valence electrons. The molecule has 0 saturated heterocycles. The maximum absolute atomic E-state index is 3.79. The summed E-state index contributed by atoms with van der Waals surface area (Å²) in [7, 11) is 4.44. The van der Waals surface area contributed by atoms with Crippen LogP contribution in [0.5, 0.6) is 0 Å². The first-order valence-electron chi connectivity index (χ1n) is 8.00. The van der Waals surface area contributed by atoms with Crippen molar-refractivity contribution in [1.82, 2.24) is 10.2 Å². The van der Waals surface area contributed by atoms with Gasteiger partial charge in [0.1, 0.15) is 0 Å². The third-order valence-electron chi connectivity index (χ3n) is 4.27. The van der Waals surface area contributed by atoms with Gasteiger partial charge in [-0.25, -0.2) is 0 Å². The van der Waals surface area contributed by atoms with Crippen LogP contribution in [0.2, 0.25) is 0 Å². The lowest BCUT2D eigenvalue weighted by atomic mass is 9.93.